The van der Waals surface area contributed by atoms with E-state index in [1.807, 2.05) is 20.8 Å². The van der Waals surface area contributed by atoms with Crippen LogP contribution in [0.4, 0.5) is 4.79 Å². The molecular weight excluding hydrogens is 286 g/mol. The number of thiol groups is 1. The Labute approximate surface area is 131 Å². The van der Waals surface area contributed by atoms with Gasteiger partial charge in [-0.3, -0.25) is 0 Å². The van der Waals surface area contributed by atoms with E-state index in [0.717, 1.165) is 25.0 Å². The van der Waals surface area contributed by atoms with Crippen LogP contribution in [0, 0.1) is 17.2 Å². The van der Waals surface area contributed by atoms with E-state index in [0.29, 0.717) is 13.1 Å². The third-order valence-corrected chi connectivity index (χ3v) is 4.22. The molecule has 0 aromatic carbocycles. The molecule has 2 heterocycles. The Morgan fingerprint density at radius 3 is 2.71 bits per heavy atom. The maximum Gasteiger partial charge on any atom is 0.410 e. The third-order valence-electron chi connectivity index (χ3n) is 3.73. The van der Waals surface area contributed by atoms with Crippen molar-refractivity contribution in [1.29, 1.82) is 5.26 Å². The summed E-state index contributed by atoms with van der Waals surface area (Å²) >= 11 is 4.43. The fourth-order valence-electron chi connectivity index (χ4n) is 2.64. The Kier molecular flexibility index (Phi) is 4.72. The number of carbonyl (C=O) groups excluding carboxylic acids is 1. The number of hydrogen-bond donors (Lipinski definition) is 2. The zero-order chi connectivity index (χ0) is 15.6. The lowest BCUT2D eigenvalue weighted by Crippen LogP contribution is -2.38. The SMILES string of the molecule is CC(C)(C)OC(=O)N1CCC2=C(CC1)NC(S)C(C#N)C2. The second-order valence-electron chi connectivity index (χ2n) is 6.58. The molecule has 2 atom stereocenters. The number of nitriles is 1. The molecule has 0 saturated carbocycles. The maximum absolute atomic E-state index is 12.2. The van der Waals surface area contributed by atoms with Crippen LogP contribution in [0.3, 0.4) is 0 Å². The molecule has 0 radical (unpaired) electrons. The van der Waals surface area contributed by atoms with Crippen molar-refractivity contribution < 1.29 is 9.53 Å². The Bertz CT molecular complexity index is 490. The average molecular weight is 309 g/mol. The van der Waals surface area contributed by atoms with E-state index in [2.05, 4.69) is 24.0 Å². The quantitative estimate of drug-likeness (QED) is 0.675. The summed E-state index contributed by atoms with van der Waals surface area (Å²) in [5.41, 5.74) is 1.92. The number of nitrogens with zero attached hydrogens (tertiary/aromatic N) is 2. The Hall–Kier alpha value is -1.35. The van der Waals surface area contributed by atoms with Gasteiger partial charge in [0, 0.05) is 25.2 Å². The van der Waals surface area contributed by atoms with Crippen LogP contribution in [0.2, 0.25) is 0 Å². The summed E-state index contributed by atoms with van der Waals surface area (Å²) < 4.78 is 5.43. The topological polar surface area (TPSA) is 65.4 Å². The van der Waals surface area contributed by atoms with Gasteiger partial charge in [0.1, 0.15) is 5.60 Å². The van der Waals surface area contributed by atoms with Crippen molar-refractivity contribution in [2.75, 3.05) is 13.1 Å². The van der Waals surface area contributed by atoms with Gasteiger partial charge in [-0.15, -0.1) is 0 Å². The zero-order valence-corrected chi connectivity index (χ0v) is 13.7. The molecule has 0 saturated heterocycles. The summed E-state index contributed by atoms with van der Waals surface area (Å²) in [7, 11) is 0. The summed E-state index contributed by atoms with van der Waals surface area (Å²) in [4.78, 5) is 13.9. The number of nitrogens with one attached hydrogen (secondary N) is 1. The minimum atomic E-state index is -0.475. The van der Waals surface area contributed by atoms with Gasteiger partial charge in [-0.2, -0.15) is 17.9 Å². The molecule has 1 amide bonds. The molecule has 6 heteroatoms. The van der Waals surface area contributed by atoms with Crippen LogP contribution in [0.15, 0.2) is 11.3 Å². The highest BCUT2D eigenvalue weighted by Crippen LogP contribution is 2.31. The summed E-state index contributed by atoms with van der Waals surface area (Å²) in [6.07, 6.45) is 2.04. The molecule has 0 spiro atoms. The average Bonchev–Trinajstić information content (AvgIpc) is 2.57. The standard InChI is InChI=1S/C15H23N3O2S/c1-15(2,3)20-14(19)18-6-4-10-8-11(9-16)13(21)17-12(10)5-7-18/h11,13,17,21H,4-8H2,1-3H3. The van der Waals surface area contributed by atoms with Crippen LogP contribution < -0.4 is 5.32 Å². The first-order valence-corrected chi connectivity index (χ1v) is 7.85. The normalized spacial score (nSPS) is 26.3. The van der Waals surface area contributed by atoms with Crippen LogP contribution in [0.25, 0.3) is 0 Å². The molecule has 0 aliphatic carbocycles. The largest absolute Gasteiger partial charge is 0.444 e. The van der Waals surface area contributed by atoms with E-state index in [9.17, 15) is 4.79 Å². The minimum absolute atomic E-state index is 0.111. The molecule has 0 bridgehead atoms. The van der Waals surface area contributed by atoms with E-state index >= 15 is 0 Å². The predicted octanol–water partition coefficient (Wildman–Crippen LogP) is 2.66. The molecule has 2 rings (SSSR count). The first-order valence-electron chi connectivity index (χ1n) is 7.33. The van der Waals surface area contributed by atoms with Crippen molar-refractivity contribution in [2.24, 2.45) is 5.92 Å². The molecule has 2 unspecified atom stereocenters. The summed E-state index contributed by atoms with van der Waals surface area (Å²) in [5.74, 6) is -0.111. The molecule has 1 N–H and O–H groups in total. The number of amides is 1. The van der Waals surface area contributed by atoms with Crippen LogP contribution >= 0.6 is 12.6 Å². The number of carbonyl (C=O) groups is 1. The summed E-state index contributed by atoms with van der Waals surface area (Å²) in [6, 6.07) is 2.29. The van der Waals surface area contributed by atoms with Crippen molar-refractivity contribution in [1.82, 2.24) is 10.2 Å². The van der Waals surface area contributed by atoms with E-state index in [1.54, 1.807) is 4.90 Å². The van der Waals surface area contributed by atoms with Crippen molar-refractivity contribution in [2.45, 2.75) is 51.0 Å². The molecule has 5 nitrogen and oxygen atoms in total. The number of rotatable bonds is 0. The van der Waals surface area contributed by atoms with Gasteiger partial charge in [0.05, 0.1) is 17.4 Å². The smallest absolute Gasteiger partial charge is 0.410 e. The van der Waals surface area contributed by atoms with Crippen LogP contribution in [-0.4, -0.2) is 35.1 Å². The minimum Gasteiger partial charge on any atom is -0.444 e. The van der Waals surface area contributed by atoms with Gasteiger partial charge < -0.3 is 15.0 Å². The first kappa shape index (κ1) is 16.0. The van der Waals surface area contributed by atoms with E-state index in [4.69, 9.17) is 10.00 Å². The molecule has 0 fully saturated rings. The van der Waals surface area contributed by atoms with Gasteiger partial charge in [-0.25, -0.2) is 4.79 Å². The zero-order valence-electron chi connectivity index (χ0n) is 12.8. The molecule has 0 aromatic rings. The lowest BCUT2D eigenvalue weighted by atomic mass is 9.92. The summed E-state index contributed by atoms with van der Waals surface area (Å²) in [6.45, 7) is 6.90. The fourth-order valence-corrected chi connectivity index (χ4v) is 2.97. The van der Waals surface area contributed by atoms with Gasteiger partial charge >= 0.3 is 6.09 Å². The van der Waals surface area contributed by atoms with Gasteiger partial charge in [-0.1, -0.05) is 0 Å². The van der Waals surface area contributed by atoms with Crippen molar-refractivity contribution in [3.63, 3.8) is 0 Å². The van der Waals surface area contributed by atoms with E-state index < -0.39 is 5.60 Å². The van der Waals surface area contributed by atoms with Crippen LogP contribution in [0.1, 0.15) is 40.0 Å². The van der Waals surface area contributed by atoms with Gasteiger partial charge in [0.15, 0.2) is 0 Å². The maximum atomic E-state index is 12.2. The third kappa shape index (κ3) is 4.07. The second-order valence-corrected chi connectivity index (χ2v) is 7.13. The van der Waals surface area contributed by atoms with Crippen LogP contribution in [-0.2, 0) is 4.74 Å². The van der Waals surface area contributed by atoms with Crippen molar-refractivity contribution in [3.05, 3.63) is 11.3 Å². The lowest BCUT2D eigenvalue weighted by molar-refractivity contribution is 0.0258. The molecule has 21 heavy (non-hydrogen) atoms. The van der Waals surface area contributed by atoms with E-state index in [-0.39, 0.29) is 17.4 Å². The fraction of sp³-hybridized carbons (Fsp3) is 0.733. The molecule has 0 aromatic heterocycles. The molecular formula is C15H23N3O2S. The molecule has 116 valence electrons. The lowest BCUT2D eigenvalue weighted by Gasteiger charge is -2.29. The van der Waals surface area contributed by atoms with Gasteiger partial charge in [0.25, 0.3) is 0 Å². The van der Waals surface area contributed by atoms with Crippen molar-refractivity contribution >= 4 is 18.7 Å². The summed E-state index contributed by atoms with van der Waals surface area (Å²) in [5, 5.41) is 12.3. The number of hydrogen-bond acceptors (Lipinski definition) is 5. The van der Waals surface area contributed by atoms with Crippen molar-refractivity contribution in [3.8, 4) is 6.07 Å². The first-order chi connectivity index (χ1) is 9.80. The monoisotopic (exact) mass is 309 g/mol. The second kappa shape index (κ2) is 6.18. The molecule has 2 aliphatic rings. The predicted molar refractivity (Wildman–Crippen MR) is 83.7 cm³/mol. The Morgan fingerprint density at radius 2 is 2.10 bits per heavy atom. The number of ether oxygens (including phenoxy) is 1. The van der Waals surface area contributed by atoms with Crippen LogP contribution in [0.5, 0.6) is 0 Å². The van der Waals surface area contributed by atoms with E-state index in [1.165, 1.54) is 5.57 Å². The van der Waals surface area contributed by atoms with Gasteiger partial charge in [0.2, 0.25) is 0 Å². The highest BCUT2D eigenvalue weighted by molar-refractivity contribution is 7.80. The van der Waals surface area contributed by atoms with Gasteiger partial charge in [-0.05, 0) is 39.2 Å². The Morgan fingerprint density at radius 1 is 1.43 bits per heavy atom. The molecule has 2 aliphatic heterocycles. The highest BCUT2D eigenvalue weighted by atomic mass is 32.1. The Balaban J connectivity index is 2.00. The highest BCUT2D eigenvalue weighted by Gasteiger charge is 2.31.